The lowest BCUT2D eigenvalue weighted by molar-refractivity contribution is 0.102. The van der Waals surface area contributed by atoms with E-state index in [0.29, 0.717) is 27.3 Å². The number of hydrogen-bond donors (Lipinski definition) is 2. The molecule has 0 saturated carbocycles. The first-order chi connectivity index (χ1) is 11.2. The number of fused-ring (bicyclic) bond motifs is 2. The van der Waals surface area contributed by atoms with Crippen LogP contribution in [0.1, 0.15) is 10.5 Å². The molecule has 6 nitrogen and oxygen atoms in total. The molecule has 0 bridgehead atoms. The topological polar surface area (TPSA) is 83.6 Å². The van der Waals surface area contributed by atoms with Crippen LogP contribution in [0.5, 0.6) is 0 Å². The number of aromatic amines is 1. The summed E-state index contributed by atoms with van der Waals surface area (Å²) in [5, 5.41) is 11.4. The highest BCUT2D eigenvalue weighted by molar-refractivity contribution is 6.38. The third kappa shape index (κ3) is 2.29. The molecule has 0 saturated heterocycles. The van der Waals surface area contributed by atoms with Crippen LogP contribution >= 0.6 is 11.6 Å². The largest absolute Gasteiger partial charge is 0.319 e. The second-order valence-electron chi connectivity index (χ2n) is 4.94. The fraction of sp³-hybridized carbons (Fsp3) is 0. The molecule has 3 aromatic heterocycles. The van der Waals surface area contributed by atoms with Crippen LogP contribution in [0.4, 0.5) is 5.69 Å². The maximum Gasteiger partial charge on any atom is 0.274 e. The number of hydrogen-bond acceptors (Lipinski definition) is 4. The number of carbonyl (C=O) groups excluding carboxylic acids is 1. The quantitative estimate of drug-likeness (QED) is 0.592. The number of anilines is 1. The van der Waals surface area contributed by atoms with Crippen molar-refractivity contribution in [2.24, 2.45) is 0 Å². The van der Waals surface area contributed by atoms with Gasteiger partial charge in [0, 0.05) is 23.2 Å². The van der Waals surface area contributed by atoms with Crippen LogP contribution < -0.4 is 5.32 Å². The minimum absolute atomic E-state index is 0.305. The molecule has 3 heterocycles. The van der Waals surface area contributed by atoms with Gasteiger partial charge in [-0.2, -0.15) is 5.10 Å². The molecule has 1 aromatic carbocycles. The molecule has 0 aliphatic heterocycles. The first-order valence-electron chi connectivity index (χ1n) is 6.87. The van der Waals surface area contributed by atoms with Gasteiger partial charge in [-0.25, -0.2) is 0 Å². The lowest BCUT2D eigenvalue weighted by atomic mass is 10.2. The number of nitrogens with one attached hydrogen (secondary N) is 2. The highest BCUT2D eigenvalue weighted by Crippen LogP contribution is 2.30. The zero-order valence-corrected chi connectivity index (χ0v) is 12.5. The van der Waals surface area contributed by atoms with Crippen LogP contribution in [-0.4, -0.2) is 26.1 Å². The molecule has 1 amide bonds. The van der Waals surface area contributed by atoms with E-state index in [1.54, 1.807) is 36.8 Å². The summed E-state index contributed by atoms with van der Waals surface area (Å²) in [5.74, 6) is -0.339. The fourth-order valence-corrected chi connectivity index (χ4v) is 2.71. The lowest BCUT2D eigenvalue weighted by Crippen LogP contribution is -2.14. The SMILES string of the molecule is O=C(Nc1ccc2[nH]ncc2c1Cl)c1nccc2ncccc12. The Labute approximate surface area is 135 Å². The van der Waals surface area contributed by atoms with Crippen molar-refractivity contribution >= 4 is 45.0 Å². The average molecular weight is 324 g/mol. The van der Waals surface area contributed by atoms with Crippen LogP contribution in [-0.2, 0) is 0 Å². The number of H-pyrrole nitrogens is 1. The standard InChI is InChI=1S/C16H10ClN5O/c17-14-10-8-20-22-12(10)3-4-13(14)21-16(23)15-9-2-1-6-18-11(9)5-7-19-15/h1-8H,(H,20,22)(H,21,23). The van der Waals surface area contributed by atoms with Crippen molar-refractivity contribution in [2.75, 3.05) is 5.32 Å². The third-order valence-electron chi connectivity index (χ3n) is 3.55. The molecule has 0 aliphatic carbocycles. The number of nitrogens with zero attached hydrogens (tertiary/aromatic N) is 3. The Bertz CT molecular complexity index is 1040. The zero-order chi connectivity index (χ0) is 15.8. The van der Waals surface area contributed by atoms with Gasteiger partial charge >= 0.3 is 0 Å². The first kappa shape index (κ1) is 13.7. The summed E-state index contributed by atoms with van der Waals surface area (Å²) in [7, 11) is 0. The van der Waals surface area contributed by atoms with Gasteiger partial charge in [0.05, 0.1) is 27.9 Å². The maximum absolute atomic E-state index is 12.6. The molecular formula is C16H10ClN5O. The second-order valence-corrected chi connectivity index (χ2v) is 5.32. The van der Waals surface area contributed by atoms with Gasteiger partial charge < -0.3 is 5.32 Å². The van der Waals surface area contributed by atoms with Crippen LogP contribution in [0.3, 0.4) is 0 Å². The number of halogens is 1. The van der Waals surface area contributed by atoms with Crippen LogP contribution in [0, 0.1) is 0 Å². The summed E-state index contributed by atoms with van der Waals surface area (Å²) >= 11 is 6.33. The molecule has 0 fully saturated rings. The van der Waals surface area contributed by atoms with Crippen molar-refractivity contribution in [3.05, 3.63) is 59.6 Å². The molecule has 0 radical (unpaired) electrons. The minimum Gasteiger partial charge on any atom is -0.319 e. The predicted octanol–water partition coefficient (Wildman–Crippen LogP) is 3.41. The molecule has 0 spiro atoms. The van der Waals surface area contributed by atoms with E-state index < -0.39 is 0 Å². The number of rotatable bonds is 2. The Morgan fingerprint density at radius 1 is 1.09 bits per heavy atom. The summed E-state index contributed by atoms with van der Waals surface area (Å²) in [4.78, 5) is 21.0. The van der Waals surface area contributed by atoms with Crippen molar-refractivity contribution in [3.8, 4) is 0 Å². The van der Waals surface area contributed by atoms with E-state index in [-0.39, 0.29) is 5.91 Å². The molecule has 0 aliphatic rings. The number of amides is 1. The first-order valence-corrected chi connectivity index (χ1v) is 7.24. The maximum atomic E-state index is 12.6. The van der Waals surface area contributed by atoms with E-state index in [2.05, 4.69) is 25.5 Å². The normalized spacial score (nSPS) is 11.0. The van der Waals surface area contributed by atoms with E-state index in [4.69, 9.17) is 11.6 Å². The van der Waals surface area contributed by atoms with E-state index in [1.807, 2.05) is 12.1 Å². The Hall–Kier alpha value is -2.99. The fourth-order valence-electron chi connectivity index (χ4n) is 2.44. The predicted molar refractivity (Wildman–Crippen MR) is 88.6 cm³/mol. The number of benzene rings is 1. The van der Waals surface area contributed by atoms with Gasteiger partial charge in [0.15, 0.2) is 0 Å². The molecule has 23 heavy (non-hydrogen) atoms. The molecule has 112 valence electrons. The molecule has 4 rings (SSSR count). The highest BCUT2D eigenvalue weighted by atomic mass is 35.5. The zero-order valence-electron chi connectivity index (χ0n) is 11.7. The van der Waals surface area contributed by atoms with Crippen LogP contribution in [0.15, 0.2) is 48.9 Å². The van der Waals surface area contributed by atoms with Gasteiger partial charge in [0.2, 0.25) is 0 Å². The Morgan fingerprint density at radius 3 is 2.91 bits per heavy atom. The average Bonchev–Trinajstić information content (AvgIpc) is 3.06. The summed E-state index contributed by atoms with van der Waals surface area (Å²) in [5.41, 5.74) is 2.33. The highest BCUT2D eigenvalue weighted by Gasteiger charge is 2.15. The van der Waals surface area contributed by atoms with Gasteiger partial charge in [-0.3, -0.25) is 19.9 Å². The second kappa shape index (κ2) is 5.33. The van der Waals surface area contributed by atoms with E-state index >= 15 is 0 Å². The molecule has 0 unspecified atom stereocenters. The molecular weight excluding hydrogens is 314 g/mol. The Balaban J connectivity index is 1.75. The van der Waals surface area contributed by atoms with Gasteiger partial charge in [-0.05, 0) is 30.3 Å². The number of aromatic nitrogens is 4. The van der Waals surface area contributed by atoms with E-state index in [9.17, 15) is 4.79 Å². The molecule has 7 heteroatoms. The smallest absolute Gasteiger partial charge is 0.274 e. The van der Waals surface area contributed by atoms with E-state index in [0.717, 1.165) is 10.9 Å². The van der Waals surface area contributed by atoms with Crippen molar-refractivity contribution in [1.29, 1.82) is 0 Å². The van der Waals surface area contributed by atoms with Gasteiger partial charge in [0.1, 0.15) is 5.69 Å². The third-order valence-corrected chi connectivity index (χ3v) is 3.96. The van der Waals surface area contributed by atoms with Crippen molar-refractivity contribution < 1.29 is 4.79 Å². The van der Waals surface area contributed by atoms with E-state index in [1.165, 1.54) is 0 Å². The minimum atomic E-state index is -0.339. The lowest BCUT2D eigenvalue weighted by Gasteiger charge is -2.09. The van der Waals surface area contributed by atoms with Gasteiger partial charge in [-0.15, -0.1) is 0 Å². The van der Waals surface area contributed by atoms with Crippen molar-refractivity contribution in [3.63, 3.8) is 0 Å². The van der Waals surface area contributed by atoms with Crippen LogP contribution in [0.25, 0.3) is 21.8 Å². The summed E-state index contributed by atoms with van der Waals surface area (Å²) < 4.78 is 0. The number of carbonyl (C=O) groups is 1. The molecule has 0 atom stereocenters. The van der Waals surface area contributed by atoms with Gasteiger partial charge in [0.25, 0.3) is 5.91 Å². The Morgan fingerprint density at radius 2 is 2.00 bits per heavy atom. The van der Waals surface area contributed by atoms with Crippen LogP contribution in [0.2, 0.25) is 5.02 Å². The van der Waals surface area contributed by atoms with Crippen molar-refractivity contribution in [1.82, 2.24) is 20.2 Å². The number of pyridine rings is 2. The summed E-state index contributed by atoms with van der Waals surface area (Å²) in [6, 6.07) is 8.87. The van der Waals surface area contributed by atoms with Gasteiger partial charge in [-0.1, -0.05) is 11.6 Å². The Kier molecular flexibility index (Phi) is 3.17. The van der Waals surface area contributed by atoms with Crippen molar-refractivity contribution in [2.45, 2.75) is 0 Å². The monoisotopic (exact) mass is 323 g/mol. The molecule has 2 N–H and O–H groups in total. The summed E-state index contributed by atoms with van der Waals surface area (Å²) in [6.45, 7) is 0. The molecule has 4 aromatic rings. The summed E-state index contributed by atoms with van der Waals surface area (Å²) in [6.07, 6.45) is 4.85.